The third-order valence-corrected chi connectivity index (χ3v) is 6.62. The van der Waals surface area contributed by atoms with Crippen LogP contribution in [-0.2, 0) is 13.5 Å². The van der Waals surface area contributed by atoms with E-state index in [2.05, 4.69) is 53.0 Å². The molecule has 0 aromatic carbocycles. The lowest BCUT2D eigenvalue weighted by molar-refractivity contribution is 0.482. The van der Waals surface area contributed by atoms with Gasteiger partial charge in [0.25, 0.3) is 0 Å². The molecule has 3 unspecified atom stereocenters. The summed E-state index contributed by atoms with van der Waals surface area (Å²) in [5, 5.41) is 13.4. The molecule has 0 spiro atoms. The molecule has 1 fully saturated rings. The van der Waals surface area contributed by atoms with E-state index in [0.717, 1.165) is 18.7 Å². The number of aromatic nitrogens is 3. The Hall–Kier alpha value is -0.200. The fraction of sp³-hybridized carbons (Fsp3) is 0.846. The second kappa shape index (κ2) is 7.55. The van der Waals surface area contributed by atoms with Crippen molar-refractivity contribution in [2.24, 2.45) is 7.05 Å². The van der Waals surface area contributed by atoms with E-state index < -0.39 is 0 Å². The molecule has 108 valence electrons. The van der Waals surface area contributed by atoms with Crippen molar-refractivity contribution in [1.29, 1.82) is 0 Å². The third kappa shape index (κ3) is 4.39. The molecular formula is C13H24N4S2. The minimum absolute atomic E-state index is 0.504. The summed E-state index contributed by atoms with van der Waals surface area (Å²) in [6.45, 7) is 5.66. The minimum atomic E-state index is 0.504. The molecule has 0 saturated carbocycles. The minimum Gasteiger partial charge on any atom is -0.312 e. The normalized spacial score (nSPS) is 25.4. The maximum Gasteiger partial charge on any atom is 0.0842 e. The summed E-state index contributed by atoms with van der Waals surface area (Å²) in [5.41, 5.74) is 1.10. The Morgan fingerprint density at radius 3 is 2.89 bits per heavy atom. The summed E-state index contributed by atoms with van der Waals surface area (Å²) in [4.78, 5) is 0. The van der Waals surface area contributed by atoms with Gasteiger partial charge in [-0.15, -0.1) is 5.10 Å². The van der Waals surface area contributed by atoms with Gasteiger partial charge in [0, 0.05) is 47.7 Å². The molecule has 0 amide bonds. The quantitative estimate of drug-likeness (QED) is 0.870. The fourth-order valence-electron chi connectivity index (χ4n) is 2.44. The second-order valence-corrected chi connectivity index (χ2v) is 7.83. The zero-order chi connectivity index (χ0) is 13.7. The van der Waals surface area contributed by atoms with Crippen molar-refractivity contribution in [2.75, 3.05) is 18.1 Å². The largest absolute Gasteiger partial charge is 0.312 e. The number of thioether (sulfide) groups is 2. The topological polar surface area (TPSA) is 42.7 Å². The van der Waals surface area contributed by atoms with Crippen molar-refractivity contribution in [3.05, 3.63) is 11.9 Å². The molecule has 0 bridgehead atoms. The second-order valence-electron chi connectivity index (χ2n) is 5.06. The van der Waals surface area contributed by atoms with E-state index in [1.165, 1.54) is 17.9 Å². The standard InChI is InChI=1S/C13H24N4S2/c1-4-5-14-12(8-11-9-17(3)16-15-11)13-10(2)18-6-7-19-13/h9-10,12-14H,4-8H2,1-3H3. The molecule has 6 heteroatoms. The summed E-state index contributed by atoms with van der Waals surface area (Å²) >= 11 is 4.22. The highest BCUT2D eigenvalue weighted by atomic mass is 32.2. The predicted molar refractivity (Wildman–Crippen MR) is 85.0 cm³/mol. The van der Waals surface area contributed by atoms with Crippen molar-refractivity contribution in [2.45, 2.75) is 43.2 Å². The zero-order valence-electron chi connectivity index (χ0n) is 12.0. The molecule has 19 heavy (non-hydrogen) atoms. The van der Waals surface area contributed by atoms with Crippen LogP contribution in [0.1, 0.15) is 26.0 Å². The highest BCUT2D eigenvalue weighted by molar-refractivity contribution is 8.07. The van der Waals surface area contributed by atoms with Gasteiger partial charge in [0.05, 0.1) is 5.69 Å². The highest BCUT2D eigenvalue weighted by Crippen LogP contribution is 2.33. The van der Waals surface area contributed by atoms with Crippen molar-refractivity contribution in [1.82, 2.24) is 20.3 Å². The molecule has 3 atom stereocenters. The smallest absolute Gasteiger partial charge is 0.0842 e. The highest BCUT2D eigenvalue weighted by Gasteiger charge is 2.30. The molecule has 1 aliphatic heterocycles. The van der Waals surface area contributed by atoms with Crippen LogP contribution < -0.4 is 5.32 Å². The average Bonchev–Trinajstić information content (AvgIpc) is 2.81. The van der Waals surface area contributed by atoms with Crippen LogP contribution in [0.15, 0.2) is 6.20 Å². The van der Waals surface area contributed by atoms with E-state index in [4.69, 9.17) is 0 Å². The summed E-state index contributed by atoms with van der Waals surface area (Å²) in [6.07, 6.45) is 4.19. The Morgan fingerprint density at radius 2 is 2.26 bits per heavy atom. The van der Waals surface area contributed by atoms with E-state index in [-0.39, 0.29) is 0 Å². The summed E-state index contributed by atoms with van der Waals surface area (Å²) in [7, 11) is 1.93. The Bertz CT molecular complexity index is 382. The molecular weight excluding hydrogens is 276 g/mol. The van der Waals surface area contributed by atoms with Gasteiger partial charge in [-0.25, -0.2) is 0 Å². The summed E-state index contributed by atoms with van der Waals surface area (Å²) in [5.74, 6) is 2.55. The molecule has 2 rings (SSSR count). The van der Waals surface area contributed by atoms with Gasteiger partial charge in [0.2, 0.25) is 0 Å². The average molecular weight is 300 g/mol. The first-order chi connectivity index (χ1) is 9.20. The molecule has 0 radical (unpaired) electrons. The van der Waals surface area contributed by atoms with Crippen LogP contribution in [0.2, 0.25) is 0 Å². The third-order valence-electron chi connectivity index (χ3n) is 3.37. The lowest BCUT2D eigenvalue weighted by Crippen LogP contribution is -2.46. The predicted octanol–water partition coefficient (Wildman–Crippen LogP) is 1.96. The molecule has 1 N–H and O–H groups in total. The van der Waals surface area contributed by atoms with Gasteiger partial charge in [-0.3, -0.25) is 4.68 Å². The first-order valence-corrected chi connectivity index (χ1v) is 9.12. The van der Waals surface area contributed by atoms with Crippen LogP contribution in [0, 0.1) is 0 Å². The van der Waals surface area contributed by atoms with E-state index in [0.29, 0.717) is 16.5 Å². The van der Waals surface area contributed by atoms with Crippen molar-refractivity contribution in [3.63, 3.8) is 0 Å². The lowest BCUT2D eigenvalue weighted by atomic mass is 10.1. The molecule has 1 aromatic heterocycles. The van der Waals surface area contributed by atoms with Gasteiger partial charge >= 0.3 is 0 Å². The van der Waals surface area contributed by atoms with Crippen LogP contribution in [0.5, 0.6) is 0 Å². The number of nitrogens with zero attached hydrogens (tertiary/aromatic N) is 3. The van der Waals surface area contributed by atoms with Gasteiger partial charge in [-0.05, 0) is 13.0 Å². The first-order valence-electron chi connectivity index (χ1n) is 7.02. The number of hydrogen-bond acceptors (Lipinski definition) is 5. The molecule has 1 aromatic rings. The van der Waals surface area contributed by atoms with Gasteiger partial charge in [-0.2, -0.15) is 23.5 Å². The number of nitrogens with one attached hydrogen (secondary N) is 1. The van der Waals surface area contributed by atoms with Crippen LogP contribution in [0.3, 0.4) is 0 Å². The van der Waals surface area contributed by atoms with E-state index in [1.54, 1.807) is 4.68 Å². The van der Waals surface area contributed by atoms with E-state index in [1.807, 2.05) is 13.2 Å². The molecule has 1 aliphatic rings. The fourth-order valence-corrected chi connectivity index (χ4v) is 5.40. The molecule has 0 aliphatic carbocycles. The maximum absolute atomic E-state index is 4.24. The van der Waals surface area contributed by atoms with Crippen molar-refractivity contribution in [3.8, 4) is 0 Å². The number of hydrogen-bond donors (Lipinski definition) is 1. The lowest BCUT2D eigenvalue weighted by Gasteiger charge is -2.34. The monoisotopic (exact) mass is 300 g/mol. The van der Waals surface area contributed by atoms with Crippen LogP contribution >= 0.6 is 23.5 Å². The zero-order valence-corrected chi connectivity index (χ0v) is 13.6. The summed E-state index contributed by atoms with van der Waals surface area (Å²) < 4.78 is 1.79. The Labute approximate surface area is 124 Å². The van der Waals surface area contributed by atoms with E-state index in [9.17, 15) is 0 Å². The summed E-state index contributed by atoms with van der Waals surface area (Å²) in [6, 6.07) is 0.504. The molecule has 1 saturated heterocycles. The van der Waals surface area contributed by atoms with Gasteiger partial charge in [0.1, 0.15) is 0 Å². The van der Waals surface area contributed by atoms with Crippen LogP contribution in [-0.4, -0.2) is 49.6 Å². The van der Waals surface area contributed by atoms with Crippen LogP contribution in [0.4, 0.5) is 0 Å². The first kappa shape index (κ1) is 15.2. The molecule has 2 heterocycles. The Kier molecular flexibility index (Phi) is 6.04. The Morgan fingerprint density at radius 1 is 1.47 bits per heavy atom. The SMILES string of the molecule is CCCNC(Cc1cn(C)nn1)C1SCCSC1C. The maximum atomic E-state index is 4.24. The van der Waals surface area contributed by atoms with Crippen molar-refractivity contribution >= 4 is 23.5 Å². The van der Waals surface area contributed by atoms with Gasteiger partial charge in [-0.1, -0.05) is 19.1 Å². The molecule has 4 nitrogen and oxygen atoms in total. The van der Waals surface area contributed by atoms with Crippen LogP contribution in [0.25, 0.3) is 0 Å². The van der Waals surface area contributed by atoms with Gasteiger partial charge < -0.3 is 5.32 Å². The van der Waals surface area contributed by atoms with Gasteiger partial charge in [0.15, 0.2) is 0 Å². The Balaban J connectivity index is 2.01. The number of rotatable bonds is 6. The van der Waals surface area contributed by atoms with Crippen molar-refractivity contribution < 1.29 is 0 Å². The van der Waals surface area contributed by atoms with E-state index >= 15 is 0 Å². The number of aryl methyl sites for hydroxylation is 1.